The number of hydrogen-bond donors (Lipinski definition) is 3. The lowest BCUT2D eigenvalue weighted by Gasteiger charge is -2.37. The minimum absolute atomic E-state index is 0.00187. The minimum Gasteiger partial charge on any atom is -0.480 e. The number of carbonyl (C=O) groups is 6. The number of nitrogens with one attached hydrogen (secondary N) is 1. The number of hydrogen-bond acceptors (Lipinski definition) is 8. The van der Waals surface area contributed by atoms with Crippen molar-refractivity contribution >= 4 is 35.4 Å². The van der Waals surface area contributed by atoms with E-state index in [9.17, 15) is 47.0 Å². The zero-order chi connectivity index (χ0) is 38.1. The summed E-state index contributed by atoms with van der Waals surface area (Å²) in [4.78, 5) is 83.2. The zero-order valence-electron chi connectivity index (χ0n) is 29.2. The van der Waals surface area contributed by atoms with Gasteiger partial charge in [-0.3, -0.25) is 39.1 Å². The van der Waals surface area contributed by atoms with E-state index in [1.54, 1.807) is 42.5 Å². The van der Waals surface area contributed by atoms with Crippen LogP contribution in [-0.2, 0) is 29.5 Å². The summed E-state index contributed by atoms with van der Waals surface area (Å²) in [5.41, 5.74) is 4.82. The first kappa shape index (κ1) is 39.2. The first-order chi connectivity index (χ1) is 23.8. The highest BCUT2D eigenvalue weighted by molar-refractivity contribution is 6.16. The van der Waals surface area contributed by atoms with E-state index in [2.05, 4.69) is 5.32 Å². The standard InChI is InChI=1S/C36H44F3N5O7/c1-21(2)29(30(48)36(37,38)39)43-17-9-12-26(43)31(49)41-32(50)35(40,22(3)4)27(45)18-42-20-34(24-10-7-6-8-11-24,25-15-13-23(5)14-16-25)44(33(42)51)19-28(46)47/h6-8,10-11,13-16,21-22,26,29H,9,12,17-20,40H2,1-5H3,(H,46,47)(H,41,49,50)/t26-,29-,34?,35+/m0/s1. The van der Waals surface area contributed by atoms with Gasteiger partial charge in [0.2, 0.25) is 5.91 Å². The van der Waals surface area contributed by atoms with Crippen LogP contribution < -0.4 is 11.1 Å². The van der Waals surface area contributed by atoms with Crippen LogP contribution in [0.25, 0.3) is 0 Å². The molecule has 276 valence electrons. The zero-order valence-corrected chi connectivity index (χ0v) is 29.2. The summed E-state index contributed by atoms with van der Waals surface area (Å²) in [6.07, 6.45) is -4.80. The molecule has 1 unspecified atom stereocenters. The SMILES string of the molecule is Cc1ccc(C2(c3ccccc3)CN(CC(=O)[C@@](N)(C(=O)NC(=O)[C@@H]3CCCN3[C@H](C(=O)C(F)(F)F)C(C)C)C(C)C)C(=O)N2CC(=O)O)cc1. The fourth-order valence-corrected chi connectivity index (χ4v) is 7.15. The predicted octanol–water partition coefficient (Wildman–Crippen LogP) is 3.25. The van der Waals surface area contributed by atoms with Crippen molar-refractivity contribution in [3.8, 4) is 0 Å². The average Bonchev–Trinajstić information content (AvgIpc) is 3.64. The van der Waals surface area contributed by atoms with Crippen molar-refractivity contribution in [3.05, 3.63) is 71.3 Å². The van der Waals surface area contributed by atoms with Crippen LogP contribution in [-0.4, -0.2) is 105 Å². The maximum absolute atomic E-state index is 14.1. The van der Waals surface area contributed by atoms with Crippen LogP contribution in [0.3, 0.4) is 0 Å². The van der Waals surface area contributed by atoms with Gasteiger partial charge in [0.1, 0.15) is 12.1 Å². The van der Waals surface area contributed by atoms with E-state index < -0.39 is 89.6 Å². The van der Waals surface area contributed by atoms with Gasteiger partial charge in [0.25, 0.3) is 11.7 Å². The summed E-state index contributed by atoms with van der Waals surface area (Å²) in [6.45, 7) is 6.02. The number of halogens is 3. The lowest BCUT2D eigenvalue weighted by molar-refractivity contribution is -0.179. The molecule has 4 atom stereocenters. The number of alkyl halides is 3. The molecule has 15 heteroatoms. The highest BCUT2D eigenvalue weighted by Crippen LogP contribution is 2.42. The molecule has 0 spiro atoms. The number of rotatable bonds is 13. The fourth-order valence-electron chi connectivity index (χ4n) is 7.15. The number of Topliss-reactive ketones (excluding diaryl/α,β-unsaturated/α-hetero) is 2. The Bertz CT molecular complexity index is 1670. The van der Waals surface area contributed by atoms with Crippen LogP contribution >= 0.6 is 0 Å². The number of ketones is 2. The molecule has 0 radical (unpaired) electrons. The van der Waals surface area contributed by atoms with E-state index in [1.165, 1.54) is 27.7 Å². The molecule has 2 aliphatic heterocycles. The summed E-state index contributed by atoms with van der Waals surface area (Å²) in [5, 5.41) is 12.0. The number of carbonyl (C=O) groups excluding carboxylic acids is 5. The Balaban J connectivity index is 1.64. The van der Waals surface area contributed by atoms with Crippen molar-refractivity contribution in [3.63, 3.8) is 0 Å². The Morgan fingerprint density at radius 2 is 1.55 bits per heavy atom. The Morgan fingerprint density at radius 3 is 2.08 bits per heavy atom. The maximum Gasteiger partial charge on any atom is 0.451 e. The molecule has 2 fully saturated rings. The first-order valence-corrected chi connectivity index (χ1v) is 16.7. The van der Waals surface area contributed by atoms with Crippen molar-refractivity contribution in [1.29, 1.82) is 0 Å². The molecule has 12 nitrogen and oxygen atoms in total. The third-order valence-electron chi connectivity index (χ3n) is 9.91. The first-order valence-electron chi connectivity index (χ1n) is 16.7. The van der Waals surface area contributed by atoms with Gasteiger partial charge in [0.15, 0.2) is 11.3 Å². The lowest BCUT2D eigenvalue weighted by atomic mass is 9.80. The topological polar surface area (TPSA) is 170 Å². The van der Waals surface area contributed by atoms with Gasteiger partial charge >= 0.3 is 18.2 Å². The van der Waals surface area contributed by atoms with Gasteiger partial charge in [-0.2, -0.15) is 13.2 Å². The molecule has 4 rings (SSSR count). The molecule has 0 aliphatic carbocycles. The van der Waals surface area contributed by atoms with E-state index in [0.717, 1.165) is 20.3 Å². The number of urea groups is 1. The van der Waals surface area contributed by atoms with Crippen molar-refractivity contribution in [2.45, 2.75) is 76.8 Å². The van der Waals surface area contributed by atoms with Crippen molar-refractivity contribution < 1.29 is 47.0 Å². The molecule has 2 aliphatic rings. The van der Waals surface area contributed by atoms with Crippen LogP contribution in [0.15, 0.2) is 54.6 Å². The van der Waals surface area contributed by atoms with Crippen LogP contribution in [0.4, 0.5) is 18.0 Å². The largest absolute Gasteiger partial charge is 0.480 e. The number of carboxylic acid groups (broad SMARTS) is 1. The monoisotopic (exact) mass is 715 g/mol. The second-order valence-electron chi connectivity index (χ2n) is 13.9. The van der Waals surface area contributed by atoms with Crippen LogP contribution in [0.2, 0.25) is 0 Å². The Morgan fingerprint density at radius 1 is 0.961 bits per heavy atom. The number of nitrogens with zero attached hydrogens (tertiary/aromatic N) is 3. The van der Waals surface area contributed by atoms with Gasteiger partial charge in [0, 0.05) is 0 Å². The molecule has 2 saturated heterocycles. The molecule has 0 aromatic heterocycles. The van der Waals surface area contributed by atoms with Gasteiger partial charge in [-0.25, -0.2) is 4.79 Å². The van der Waals surface area contributed by atoms with Crippen molar-refractivity contribution in [2.75, 3.05) is 26.2 Å². The normalized spacial score (nSPS) is 21.5. The number of nitrogens with two attached hydrogens (primary N) is 1. The summed E-state index contributed by atoms with van der Waals surface area (Å²) in [7, 11) is 0. The molecule has 2 aromatic carbocycles. The average molecular weight is 716 g/mol. The second kappa shape index (κ2) is 14.9. The minimum atomic E-state index is -5.14. The maximum atomic E-state index is 14.1. The van der Waals surface area contributed by atoms with Gasteiger partial charge in [-0.1, -0.05) is 87.9 Å². The Kier molecular flexibility index (Phi) is 11.5. The van der Waals surface area contributed by atoms with E-state index in [1.807, 2.05) is 19.1 Å². The van der Waals surface area contributed by atoms with E-state index in [4.69, 9.17) is 5.73 Å². The van der Waals surface area contributed by atoms with Crippen LogP contribution in [0.5, 0.6) is 0 Å². The van der Waals surface area contributed by atoms with Gasteiger partial charge in [-0.05, 0) is 49.3 Å². The molecule has 2 aromatic rings. The number of amides is 4. The third kappa shape index (κ3) is 7.54. The summed E-state index contributed by atoms with van der Waals surface area (Å²) < 4.78 is 40.4. The molecule has 2 heterocycles. The smallest absolute Gasteiger partial charge is 0.451 e. The van der Waals surface area contributed by atoms with E-state index in [-0.39, 0.29) is 25.9 Å². The second-order valence-corrected chi connectivity index (χ2v) is 13.9. The number of aliphatic carboxylic acids is 1. The molecule has 4 N–H and O–H groups in total. The number of aryl methyl sites for hydroxylation is 1. The summed E-state index contributed by atoms with van der Waals surface area (Å²) >= 11 is 0. The Labute approximate surface area is 294 Å². The third-order valence-corrected chi connectivity index (χ3v) is 9.91. The lowest BCUT2D eigenvalue weighted by Crippen LogP contribution is -2.67. The van der Waals surface area contributed by atoms with Crippen LogP contribution in [0, 0.1) is 18.8 Å². The quantitative estimate of drug-likeness (QED) is 0.264. The van der Waals surface area contributed by atoms with Gasteiger partial charge in [-0.15, -0.1) is 0 Å². The number of likely N-dealkylation sites (tertiary alicyclic amines) is 1. The molecular formula is C36H44F3N5O7. The predicted molar refractivity (Wildman–Crippen MR) is 179 cm³/mol. The summed E-state index contributed by atoms with van der Waals surface area (Å²) in [5.74, 6) is -8.21. The molecule has 4 amide bonds. The van der Waals surface area contributed by atoms with Gasteiger partial charge in [0.05, 0.1) is 25.2 Å². The molecular weight excluding hydrogens is 671 g/mol. The fraction of sp³-hybridized carbons (Fsp3) is 0.500. The van der Waals surface area contributed by atoms with Crippen LogP contribution in [0.1, 0.15) is 57.2 Å². The van der Waals surface area contributed by atoms with E-state index in [0.29, 0.717) is 11.1 Å². The summed E-state index contributed by atoms with van der Waals surface area (Å²) in [6, 6.07) is 12.2. The number of imide groups is 1. The van der Waals surface area contributed by atoms with E-state index >= 15 is 0 Å². The Hall–Kier alpha value is -4.63. The highest BCUT2D eigenvalue weighted by atomic mass is 19.4. The number of carboxylic acids is 1. The van der Waals surface area contributed by atoms with Crippen molar-refractivity contribution in [2.24, 2.45) is 17.6 Å². The van der Waals surface area contributed by atoms with Gasteiger partial charge < -0.3 is 15.7 Å². The molecule has 51 heavy (non-hydrogen) atoms. The molecule has 0 saturated carbocycles. The molecule has 0 bridgehead atoms. The van der Waals surface area contributed by atoms with Crippen molar-refractivity contribution in [1.82, 2.24) is 20.0 Å². The number of benzene rings is 2. The highest BCUT2D eigenvalue weighted by Gasteiger charge is 2.55.